The molecule has 5 nitrogen and oxygen atoms in total. The van der Waals surface area contributed by atoms with E-state index in [4.69, 9.17) is 10.4 Å². The Hall–Kier alpha value is -2.35. The number of benzene rings is 1. The number of nitrogens with zero attached hydrogens (tertiary/aromatic N) is 3. The van der Waals surface area contributed by atoms with Gasteiger partial charge in [-0.05, 0) is 12.1 Å². The fourth-order valence-electron chi connectivity index (χ4n) is 1.27. The molecule has 0 unspecified atom stereocenters. The molecule has 0 fully saturated rings. The number of aromatic carboxylic acids is 1. The zero-order valence-electron chi connectivity index (χ0n) is 7.01. The van der Waals surface area contributed by atoms with Crippen molar-refractivity contribution in [2.45, 2.75) is 0 Å². The molecule has 0 saturated heterocycles. The SMILES string of the molecule is N#Cn1c(C(=O)O)nc2ccccc21. The number of fused-ring (bicyclic) bond motifs is 1. The van der Waals surface area contributed by atoms with E-state index < -0.39 is 5.97 Å². The Morgan fingerprint density at radius 2 is 2.21 bits per heavy atom. The van der Waals surface area contributed by atoms with Gasteiger partial charge in [0.15, 0.2) is 6.19 Å². The van der Waals surface area contributed by atoms with Crippen LogP contribution in [0, 0.1) is 11.5 Å². The van der Waals surface area contributed by atoms with E-state index in [1.807, 2.05) is 0 Å². The largest absolute Gasteiger partial charge is 0.475 e. The molecule has 0 amide bonds. The van der Waals surface area contributed by atoms with Crippen LogP contribution in [0.15, 0.2) is 24.3 Å². The van der Waals surface area contributed by atoms with Crippen LogP contribution in [-0.2, 0) is 0 Å². The molecule has 0 radical (unpaired) electrons. The lowest BCUT2D eigenvalue weighted by atomic mass is 10.3. The minimum Gasteiger partial charge on any atom is -0.475 e. The van der Waals surface area contributed by atoms with Crippen molar-refractivity contribution < 1.29 is 9.90 Å². The highest BCUT2D eigenvalue weighted by Gasteiger charge is 2.15. The van der Waals surface area contributed by atoms with Crippen LogP contribution in [0.2, 0.25) is 0 Å². The molecule has 2 rings (SSSR count). The summed E-state index contributed by atoms with van der Waals surface area (Å²) in [7, 11) is 0. The third kappa shape index (κ3) is 1.02. The number of rotatable bonds is 1. The number of hydrogen-bond acceptors (Lipinski definition) is 3. The lowest BCUT2D eigenvalue weighted by molar-refractivity contribution is 0.0682. The molecule has 0 atom stereocenters. The second-order valence-corrected chi connectivity index (χ2v) is 2.66. The predicted octanol–water partition coefficient (Wildman–Crippen LogP) is 1.06. The summed E-state index contributed by atoms with van der Waals surface area (Å²) in [6, 6.07) is 6.78. The topological polar surface area (TPSA) is 78.9 Å². The Morgan fingerprint density at radius 1 is 1.50 bits per heavy atom. The van der Waals surface area contributed by atoms with Crippen LogP contribution in [0.5, 0.6) is 0 Å². The van der Waals surface area contributed by atoms with Crippen molar-refractivity contribution in [1.82, 2.24) is 9.55 Å². The first kappa shape index (κ1) is 8.26. The lowest BCUT2D eigenvalue weighted by Crippen LogP contribution is -2.05. The van der Waals surface area contributed by atoms with Crippen LogP contribution in [0.1, 0.15) is 10.6 Å². The summed E-state index contributed by atoms with van der Waals surface area (Å²) in [5.41, 5.74) is 1.01. The molecule has 1 aromatic carbocycles. The van der Waals surface area contributed by atoms with Crippen LogP contribution in [-0.4, -0.2) is 20.6 Å². The summed E-state index contributed by atoms with van der Waals surface area (Å²) < 4.78 is 0.998. The predicted molar refractivity (Wildman–Crippen MR) is 47.7 cm³/mol. The standard InChI is InChI=1S/C9H5N3O2/c10-5-12-7-4-2-1-3-6(7)11-8(12)9(13)14/h1-4H,(H,13,14). The normalized spacial score (nSPS) is 9.93. The summed E-state index contributed by atoms with van der Waals surface area (Å²) in [6.45, 7) is 0. The van der Waals surface area contributed by atoms with Gasteiger partial charge in [0.1, 0.15) is 0 Å². The summed E-state index contributed by atoms with van der Waals surface area (Å²) >= 11 is 0. The molecule has 0 aliphatic carbocycles. The van der Waals surface area contributed by atoms with E-state index in [-0.39, 0.29) is 5.82 Å². The fraction of sp³-hybridized carbons (Fsp3) is 0. The van der Waals surface area contributed by atoms with E-state index >= 15 is 0 Å². The van der Waals surface area contributed by atoms with Crippen molar-refractivity contribution in [3.05, 3.63) is 30.1 Å². The smallest absolute Gasteiger partial charge is 0.373 e. The summed E-state index contributed by atoms with van der Waals surface area (Å²) in [6.07, 6.45) is 1.77. The van der Waals surface area contributed by atoms with Crippen LogP contribution < -0.4 is 0 Å². The van der Waals surface area contributed by atoms with E-state index in [9.17, 15) is 4.79 Å². The third-order valence-corrected chi connectivity index (χ3v) is 1.85. The van der Waals surface area contributed by atoms with E-state index in [1.165, 1.54) is 0 Å². The van der Waals surface area contributed by atoms with E-state index in [0.29, 0.717) is 11.0 Å². The Labute approximate surface area is 78.8 Å². The molecule has 0 saturated carbocycles. The molecule has 0 bridgehead atoms. The third-order valence-electron chi connectivity index (χ3n) is 1.85. The molecule has 0 aliphatic heterocycles. The number of carboxylic acid groups (broad SMARTS) is 1. The Morgan fingerprint density at radius 3 is 2.86 bits per heavy atom. The zero-order chi connectivity index (χ0) is 10.1. The van der Waals surface area contributed by atoms with Gasteiger partial charge in [0.05, 0.1) is 11.0 Å². The number of imidazole rings is 1. The highest BCUT2D eigenvalue weighted by atomic mass is 16.4. The first-order chi connectivity index (χ1) is 6.74. The first-order valence-corrected chi connectivity index (χ1v) is 3.85. The minimum atomic E-state index is -1.21. The quantitative estimate of drug-likeness (QED) is 0.723. The van der Waals surface area contributed by atoms with Crippen LogP contribution in [0.3, 0.4) is 0 Å². The van der Waals surface area contributed by atoms with Gasteiger partial charge in [-0.15, -0.1) is 0 Å². The van der Waals surface area contributed by atoms with Gasteiger partial charge in [0.25, 0.3) is 0 Å². The van der Waals surface area contributed by atoms with Crippen molar-refractivity contribution >= 4 is 17.0 Å². The molecule has 2 aromatic rings. The number of para-hydroxylation sites is 2. The van der Waals surface area contributed by atoms with Gasteiger partial charge < -0.3 is 5.11 Å². The minimum absolute atomic E-state index is 0.256. The van der Waals surface area contributed by atoms with E-state index in [2.05, 4.69) is 4.98 Å². The molecule has 14 heavy (non-hydrogen) atoms. The molecular formula is C9H5N3O2. The Kier molecular flexibility index (Phi) is 1.68. The number of carbonyl (C=O) groups is 1. The summed E-state index contributed by atoms with van der Waals surface area (Å²) in [5, 5.41) is 17.5. The first-order valence-electron chi connectivity index (χ1n) is 3.85. The van der Waals surface area contributed by atoms with Gasteiger partial charge in [-0.3, -0.25) is 0 Å². The molecule has 68 valence electrons. The van der Waals surface area contributed by atoms with Crippen LogP contribution >= 0.6 is 0 Å². The van der Waals surface area contributed by atoms with E-state index in [1.54, 1.807) is 30.5 Å². The summed E-state index contributed by atoms with van der Waals surface area (Å²) in [4.78, 5) is 14.5. The molecule has 5 heteroatoms. The molecule has 1 aromatic heterocycles. The summed E-state index contributed by atoms with van der Waals surface area (Å²) in [5.74, 6) is -1.46. The van der Waals surface area contributed by atoms with Crippen LogP contribution in [0.25, 0.3) is 11.0 Å². The molecule has 1 N–H and O–H groups in total. The van der Waals surface area contributed by atoms with Gasteiger partial charge in [0, 0.05) is 0 Å². The van der Waals surface area contributed by atoms with Gasteiger partial charge in [-0.1, -0.05) is 12.1 Å². The average molecular weight is 187 g/mol. The van der Waals surface area contributed by atoms with Crippen molar-refractivity contribution in [1.29, 1.82) is 5.26 Å². The highest BCUT2D eigenvalue weighted by molar-refractivity contribution is 5.90. The maximum absolute atomic E-state index is 10.7. The fourth-order valence-corrected chi connectivity index (χ4v) is 1.27. The lowest BCUT2D eigenvalue weighted by Gasteiger charge is -1.91. The van der Waals surface area contributed by atoms with Gasteiger partial charge in [-0.25, -0.2) is 14.3 Å². The number of aromatic nitrogens is 2. The molecule has 0 aliphatic rings. The van der Waals surface area contributed by atoms with Crippen molar-refractivity contribution in [3.8, 4) is 6.19 Å². The Bertz CT molecular complexity index is 551. The van der Waals surface area contributed by atoms with Crippen molar-refractivity contribution in [2.24, 2.45) is 0 Å². The zero-order valence-corrected chi connectivity index (χ0v) is 7.01. The second kappa shape index (κ2) is 2.85. The van der Waals surface area contributed by atoms with Crippen LogP contribution in [0.4, 0.5) is 0 Å². The molecule has 0 spiro atoms. The Balaban J connectivity index is 2.87. The van der Waals surface area contributed by atoms with Gasteiger partial charge in [-0.2, -0.15) is 5.26 Å². The van der Waals surface area contributed by atoms with Gasteiger partial charge >= 0.3 is 5.97 Å². The van der Waals surface area contributed by atoms with Gasteiger partial charge in [0.2, 0.25) is 5.82 Å². The van der Waals surface area contributed by atoms with Crippen molar-refractivity contribution in [3.63, 3.8) is 0 Å². The maximum atomic E-state index is 10.7. The second-order valence-electron chi connectivity index (χ2n) is 2.66. The average Bonchev–Trinajstić information content (AvgIpc) is 2.56. The molecular weight excluding hydrogens is 182 g/mol. The molecule has 1 heterocycles. The number of carboxylic acids is 1. The maximum Gasteiger partial charge on any atom is 0.373 e. The highest BCUT2D eigenvalue weighted by Crippen LogP contribution is 2.14. The number of nitriles is 1. The monoisotopic (exact) mass is 187 g/mol. The van der Waals surface area contributed by atoms with Crippen molar-refractivity contribution in [2.75, 3.05) is 0 Å². The number of hydrogen-bond donors (Lipinski definition) is 1. The van der Waals surface area contributed by atoms with E-state index in [0.717, 1.165) is 4.57 Å².